The summed E-state index contributed by atoms with van der Waals surface area (Å²) in [4.78, 5) is 27.0. The Labute approximate surface area is 208 Å². The van der Waals surface area contributed by atoms with E-state index in [2.05, 4.69) is 11.4 Å². The molecule has 4 rings (SSSR count). The molecule has 180 valence electrons. The summed E-state index contributed by atoms with van der Waals surface area (Å²) in [5.41, 5.74) is 1.85. The summed E-state index contributed by atoms with van der Waals surface area (Å²) in [7, 11) is 3.02. The molecule has 0 fully saturated rings. The number of hydrogen-bond donors (Lipinski definition) is 1. The van der Waals surface area contributed by atoms with E-state index in [-0.39, 0.29) is 12.5 Å². The van der Waals surface area contributed by atoms with E-state index in [4.69, 9.17) is 14.2 Å². The van der Waals surface area contributed by atoms with Gasteiger partial charge in [-0.3, -0.25) is 4.79 Å². The van der Waals surface area contributed by atoms with Crippen LogP contribution in [-0.4, -0.2) is 32.7 Å². The van der Waals surface area contributed by atoms with Gasteiger partial charge in [0.05, 0.1) is 37.9 Å². The zero-order valence-electron chi connectivity index (χ0n) is 19.8. The molecule has 8 heteroatoms. The van der Waals surface area contributed by atoms with Crippen LogP contribution in [0.4, 0.5) is 5.00 Å². The van der Waals surface area contributed by atoms with Crippen molar-refractivity contribution in [2.75, 3.05) is 26.1 Å². The third kappa shape index (κ3) is 4.60. The lowest BCUT2D eigenvalue weighted by molar-refractivity contribution is 0.0526. The topological polar surface area (TPSA) is 97.7 Å². The van der Waals surface area contributed by atoms with E-state index in [1.807, 2.05) is 30.3 Å². The van der Waals surface area contributed by atoms with Crippen LogP contribution < -0.4 is 14.8 Å². The van der Waals surface area contributed by atoms with Crippen molar-refractivity contribution in [2.45, 2.75) is 31.6 Å². The van der Waals surface area contributed by atoms with Crippen LogP contribution in [0.2, 0.25) is 0 Å². The minimum Gasteiger partial charge on any atom is -0.493 e. The summed E-state index contributed by atoms with van der Waals surface area (Å²) in [5.74, 6) is 0.0796. The minimum absolute atomic E-state index is 0.221. The van der Waals surface area contributed by atoms with Gasteiger partial charge < -0.3 is 19.5 Å². The fourth-order valence-electron chi connectivity index (χ4n) is 4.44. The van der Waals surface area contributed by atoms with Crippen molar-refractivity contribution in [1.82, 2.24) is 0 Å². The van der Waals surface area contributed by atoms with Crippen LogP contribution >= 0.6 is 11.3 Å². The molecule has 7 nitrogen and oxygen atoms in total. The summed E-state index contributed by atoms with van der Waals surface area (Å²) >= 11 is 1.33. The van der Waals surface area contributed by atoms with Gasteiger partial charge in [-0.2, -0.15) is 5.26 Å². The molecule has 0 radical (unpaired) electrons. The largest absolute Gasteiger partial charge is 0.493 e. The van der Waals surface area contributed by atoms with Crippen molar-refractivity contribution in [3.8, 4) is 17.6 Å². The highest BCUT2D eigenvalue weighted by atomic mass is 32.1. The second-order valence-corrected chi connectivity index (χ2v) is 9.29. The molecular formula is C27H26N2O5S. The van der Waals surface area contributed by atoms with Gasteiger partial charge in [-0.1, -0.05) is 30.3 Å². The van der Waals surface area contributed by atoms with Crippen molar-refractivity contribution < 1.29 is 23.8 Å². The van der Waals surface area contributed by atoms with Crippen molar-refractivity contribution in [2.24, 2.45) is 0 Å². The Kier molecular flexibility index (Phi) is 7.08. The second kappa shape index (κ2) is 10.2. The summed E-state index contributed by atoms with van der Waals surface area (Å²) < 4.78 is 15.9. The Balaban J connectivity index is 1.71. The number of thiophene rings is 1. The number of nitriles is 1. The molecule has 0 unspecified atom stereocenters. The molecule has 1 aliphatic carbocycles. The Bertz CT molecular complexity index is 1290. The normalized spacial score (nSPS) is 16.5. The number of anilines is 1. The van der Waals surface area contributed by atoms with E-state index >= 15 is 0 Å². The molecule has 1 N–H and O–H groups in total. The number of benzene rings is 2. The molecule has 0 spiro atoms. The van der Waals surface area contributed by atoms with E-state index in [0.717, 1.165) is 16.0 Å². The van der Waals surface area contributed by atoms with Crippen LogP contribution in [0.1, 0.15) is 50.1 Å². The maximum Gasteiger partial charge on any atom is 0.341 e. The van der Waals surface area contributed by atoms with E-state index < -0.39 is 11.4 Å². The van der Waals surface area contributed by atoms with Gasteiger partial charge in [0.2, 0.25) is 0 Å². The summed E-state index contributed by atoms with van der Waals surface area (Å²) in [6, 6.07) is 17.1. The Hall–Kier alpha value is -3.83. The van der Waals surface area contributed by atoms with E-state index in [1.54, 1.807) is 25.1 Å². The van der Waals surface area contributed by atoms with Gasteiger partial charge in [-0.25, -0.2) is 4.79 Å². The first kappa shape index (κ1) is 24.3. The van der Waals surface area contributed by atoms with Gasteiger partial charge in [-0.15, -0.1) is 11.3 Å². The molecule has 0 saturated heterocycles. The van der Waals surface area contributed by atoms with Crippen molar-refractivity contribution in [3.63, 3.8) is 0 Å². The number of fused-ring (bicyclic) bond motifs is 1. The van der Waals surface area contributed by atoms with Crippen molar-refractivity contribution in [1.29, 1.82) is 5.26 Å². The van der Waals surface area contributed by atoms with Crippen LogP contribution in [0.15, 0.2) is 48.5 Å². The standard InChI is InChI=1S/C27H26N2O5S/c1-4-34-26(31)23-19-12-13-27(16-28,18-8-6-5-7-9-18)15-22(19)35-25(23)29-24(30)17-10-11-20(32-2)21(14-17)33-3/h5-11,14H,4,12-13,15H2,1-3H3,(H,29,30)/t27-/m1/s1. The number of hydrogen-bond acceptors (Lipinski definition) is 7. The van der Waals surface area contributed by atoms with Gasteiger partial charge in [0.1, 0.15) is 5.00 Å². The first-order valence-electron chi connectivity index (χ1n) is 11.3. The quantitative estimate of drug-likeness (QED) is 0.460. The number of nitrogens with one attached hydrogen (secondary N) is 1. The molecule has 0 bridgehead atoms. The molecule has 1 heterocycles. The molecule has 1 amide bonds. The molecule has 1 aliphatic rings. The molecule has 1 atom stereocenters. The minimum atomic E-state index is -0.685. The monoisotopic (exact) mass is 490 g/mol. The summed E-state index contributed by atoms with van der Waals surface area (Å²) in [6.07, 6.45) is 1.58. The third-order valence-electron chi connectivity index (χ3n) is 6.25. The number of carbonyl (C=O) groups is 2. The number of rotatable bonds is 7. The van der Waals surface area contributed by atoms with Crippen molar-refractivity contribution >= 4 is 28.2 Å². The van der Waals surface area contributed by atoms with Crippen LogP contribution in [-0.2, 0) is 23.0 Å². The Morgan fingerprint density at radius 1 is 1.11 bits per heavy atom. The Morgan fingerprint density at radius 3 is 2.51 bits per heavy atom. The first-order chi connectivity index (χ1) is 17.0. The Morgan fingerprint density at radius 2 is 1.86 bits per heavy atom. The van der Waals surface area contributed by atoms with Crippen LogP contribution in [0.3, 0.4) is 0 Å². The van der Waals surface area contributed by atoms with Gasteiger partial charge in [0.15, 0.2) is 11.5 Å². The zero-order valence-corrected chi connectivity index (χ0v) is 20.7. The predicted molar refractivity (Wildman–Crippen MR) is 134 cm³/mol. The predicted octanol–water partition coefficient (Wildman–Crippen LogP) is 5.14. The maximum atomic E-state index is 13.1. The SMILES string of the molecule is CCOC(=O)c1c(NC(=O)c2ccc(OC)c(OC)c2)sc2c1CC[C@@](C#N)(c1ccccc1)C2. The second-order valence-electron chi connectivity index (χ2n) is 8.19. The zero-order chi connectivity index (χ0) is 25.0. The molecule has 3 aromatic rings. The van der Waals surface area contributed by atoms with E-state index in [9.17, 15) is 14.9 Å². The highest BCUT2D eigenvalue weighted by Crippen LogP contribution is 2.45. The van der Waals surface area contributed by atoms with E-state index in [1.165, 1.54) is 25.6 Å². The number of ether oxygens (including phenoxy) is 3. The smallest absolute Gasteiger partial charge is 0.341 e. The van der Waals surface area contributed by atoms with Crippen LogP contribution in [0, 0.1) is 11.3 Å². The number of nitrogens with zero attached hydrogens (tertiary/aromatic N) is 1. The lowest BCUT2D eigenvalue weighted by Gasteiger charge is -2.31. The average molecular weight is 491 g/mol. The number of amides is 1. The lowest BCUT2D eigenvalue weighted by Crippen LogP contribution is -2.31. The maximum absolute atomic E-state index is 13.1. The highest BCUT2D eigenvalue weighted by molar-refractivity contribution is 7.17. The summed E-state index contributed by atoms with van der Waals surface area (Å²) in [5, 5.41) is 13.5. The molecule has 35 heavy (non-hydrogen) atoms. The number of carbonyl (C=O) groups excluding carboxylic acids is 2. The molecule has 0 aliphatic heterocycles. The van der Waals surface area contributed by atoms with Gasteiger partial charge in [-0.05, 0) is 49.1 Å². The van der Waals surface area contributed by atoms with Gasteiger partial charge >= 0.3 is 5.97 Å². The lowest BCUT2D eigenvalue weighted by atomic mass is 9.70. The molecular weight excluding hydrogens is 464 g/mol. The van der Waals surface area contributed by atoms with Crippen LogP contribution in [0.5, 0.6) is 11.5 Å². The molecule has 0 saturated carbocycles. The number of esters is 1. The van der Waals surface area contributed by atoms with Crippen LogP contribution in [0.25, 0.3) is 0 Å². The summed E-state index contributed by atoms with van der Waals surface area (Å²) in [6.45, 7) is 1.97. The van der Waals surface area contributed by atoms with Gasteiger partial charge in [0, 0.05) is 16.9 Å². The first-order valence-corrected chi connectivity index (χ1v) is 12.1. The fourth-order valence-corrected chi connectivity index (χ4v) is 5.79. The number of methoxy groups -OCH3 is 2. The highest BCUT2D eigenvalue weighted by Gasteiger charge is 2.40. The average Bonchev–Trinajstić information content (AvgIpc) is 3.25. The van der Waals surface area contributed by atoms with Gasteiger partial charge in [0.25, 0.3) is 5.91 Å². The molecule has 1 aromatic heterocycles. The van der Waals surface area contributed by atoms with Crippen molar-refractivity contribution in [3.05, 3.63) is 75.7 Å². The van der Waals surface area contributed by atoms with E-state index in [0.29, 0.717) is 46.9 Å². The third-order valence-corrected chi connectivity index (χ3v) is 7.39. The molecule has 2 aromatic carbocycles. The fraction of sp³-hybridized carbons (Fsp3) is 0.296.